The molecule has 1 N–H and O–H groups in total. The van der Waals surface area contributed by atoms with Gasteiger partial charge < -0.3 is 9.88 Å². The monoisotopic (exact) mass is 247 g/mol. The minimum absolute atomic E-state index is 0.738. The summed E-state index contributed by atoms with van der Waals surface area (Å²) in [6.45, 7) is 2.07. The largest absolute Gasteiger partial charge is 0.338 e. The Morgan fingerprint density at radius 1 is 1.41 bits per heavy atom. The number of fused-ring (bicyclic) bond motifs is 1. The van der Waals surface area contributed by atoms with E-state index < -0.39 is 0 Å². The van der Waals surface area contributed by atoms with Gasteiger partial charge in [-0.15, -0.1) is 0 Å². The fourth-order valence-electron chi connectivity index (χ4n) is 2.20. The maximum atomic E-state index is 5.97. The summed E-state index contributed by atoms with van der Waals surface area (Å²) in [5.74, 6) is 0.966. The summed E-state index contributed by atoms with van der Waals surface area (Å²) in [5.41, 5.74) is 3.24. The second kappa shape index (κ2) is 4.17. The van der Waals surface area contributed by atoms with Crippen LogP contribution in [-0.4, -0.2) is 35.0 Å². The van der Waals surface area contributed by atoms with Crippen molar-refractivity contribution in [2.45, 2.75) is 6.42 Å². The molecule has 1 aromatic heterocycles. The standard InChI is InChI=1S/C13H14ClN3/c1-17-6-2-3-9(8-17)13-15-11-5-4-10(14)7-12(11)16-13/h3-5,7H,2,6,8H2,1H3,(H,15,16). The van der Waals surface area contributed by atoms with Crippen molar-refractivity contribution in [1.82, 2.24) is 14.9 Å². The Balaban J connectivity index is 2.03. The van der Waals surface area contributed by atoms with Gasteiger partial charge in [0.1, 0.15) is 5.82 Å². The molecule has 0 saturated heterocycles. The minimum Gasteiger partial charge on any atom is -0.338 e. The van der Waals surface area contributed by atoms with Gasteiger partial charge >= 0.3 is 0 Å². The molecule has 2 aromatic rings. The molecular weight excluding hydrogens is 234 g/mol. The van der Waals surface area contributed by atoms with Crippen molar-refractivity contribution < 1.29 is 0 Å². The minimum atomic E-state index is 0.738. The quantitative estimate of drug-likeness (QED) is 0.840. The first-order valence-corrected chi connectivity index (χ1v) is 6.13. The van der Waals surface area contributed by atoms with Gasteiger partial charge in [-0.1, -0.05) is 17.7 Å². The number of benzene rings is 1. The van der Waals surface area contributed by atoms with Crippen LogP contribution in [-0.2, 0) is 0 Å². The fourth-order valence-corrected chi connectivity index (χ4v) is 2.37. The molecule has 0 radical (unpaired) electrons. The van der Waals surface area contributed by atoms with Crippen LogP contribution < -0.4 is 0 Å². The van der Waals surface area contributed by atoms with Gasteiger partial charge in [-0.05, 0) is 31.7 Å². The predicted molar refractivity (Wildman–Crippen MR) is 71.2 cm³/mol. The van der Waals surface area contributed by atoms with E-state index in [0.717, 1.165) is 41.4 Å². The molecule has 0 fully saturated rings. The van der Waals surface area contributed by atoms with Gasteiger partial charge in [0.15, 0.2) is 0 Å². The highest BCUT2D eigenvalue weighted by molar-refractivity contribution is 6.31. The third-order valence-electron chi connectivity index (χ3n) is 3.09. The molecule has 88 valence electrons. The van der Waals surface area contributed by atoms with E-state index in [1.165, 1.54) is 5.57 Å². The summed E-state index contributed by atoms with van der Waals surface area (Å²) in [5, 5.41) is 0.738. The number of likely N-dealkylation sites (N-methyl/N-ethyl adjacent to an activating group) is 1. The zero-order chi connectivity index (χ0) is 11.8. The Hall–Kier alpha value is -1.32. The van der Waals surface area contributed by atoms with Crippen molar-refractivity contribution in [2.75, 3.05) is 20.1 Å². The zero-order valence-corrected chi connectivity index (χ0v) is 10.5. The molecule has 0 amide bonds. The van der Waals surface area contributed by atoms with E-state index in [9.17, 15) is 0 Å². The topological polar surface area (TPSA) is 31.9 Å². The smallest absolute Gasteiger partial charge is 0.135 e. The molecule has 3 rings (SSSR count). The summed E-state index contributed by atoms with van der Waals surface area (Å²) >= 11 is 5.97. The first-order chi connectivity index (χ1) is 8.22. The summed E-state index contributed by atoms with van der Waals surface area (Å²) < 4.78 is 0. The van der Waals surface area contributed by atoms with Crippen LogP contribution in [0.2, 0.25) is 5.02 Å². The number of hydrogen-bond donors (Lipinski definition) is 1. The Labute approximate surface area is 105 Å². The molecule has 1 aliphatic rings. The van der Waals surface area contributed by atoms with Gasteiger partial charge in [0.05, 0.1) is 11.0 Å². The van der Waals surface area contributed by atoms with Crippen LogP contribution in [0.4, 0.5) is 0 Å². The maximum absolute atomic E-state index is 5.97. The van der Waals surface area contributed by atoms with Crippen LogP contribution >= 0.6 is 11.6 Å². The Kier molecular flexibility index (Phi) is 2.65. The molecule has 0 saturated carbocycles. The van der Waals surface area contributed by atoms with Crippen LogP contribution in [0.1, 0.15) is 12.2 Å². The number of halogens is 1. The number of aromatic amines is 1. The fraction of sp³-hybridized carbons (Fsp3) is 0.308. The van der Waals surface area contributed by atoms with Gasteiger partial charge in [0, 0.05) is 23.7 Å². The highest BCUT2D eigenvalue weighted by Gasteiger charge is 2.13. The number of imidazole rings is 1. The predicted octanol–water partition coefficient (Wildman–Crippen LogP) is 2.94. The van der Waals surface area contributed by atoms with Crippen LogP contribution in [0.3, 0.4) is 0 Å². The van der Waals surface area contributed by atoms with E-state index in [4.69, 9.17) is 11.6 Å². The molecule has 4 heteroatoms. The van der Waals surface area contributed by atoms with E-state index in [2.05, 4.69) is 28.0 Å². The van der Waals surface area contributed by atoms with Crippen molar-refractivity contribution in [1.29, 1.82) is 0 Å². The SMILES string of the molecule is CN1CCC=C(c2nc3ccc(Cl)cc3[nH]2)C1. The third kappa shape index (κ3) is 2.08. The maximum Gasteiger partial charge on any atom is 0.135 e. The lowest BCUT2D eigenvalue weighted by molar-refractivity contribution is 0.372. The number of rotatable bonds is 1. The van der Waals surface area contributed by atoms with Gasteiger partial charge in [-0.2, -0.15) is 0 Å². The van der Waals surface area contributed by atoms with Crippen molar-refractivity contribution in [2.24, 2.45) is 0 Å². The van der Waals surface area contributed by atoms with Crippen molar-refractivity contribution in [3.8, 4) is 0 Å². The van der Waals surface area contributed by atoms with E-state index in [-0.39, 0.29) is 0 Å². The van der Waals surface area contributed by atoms with Crippen molar-refractivity contribution in [3.05, 3.63) is 35.1 Å². The first kappa shape index (κ1) is 10.8. The molecule has 0 unspecified atom stereocenters. The molecule has 0 spiro atoms. The van der Waals surface area contributed by atoms with Gasteiger partial charge in [0.25, 0.3) is 0 Å². The van der Waals surface area contributed by atoms with E-state index in [0.29, 0.717) is 0 Å². The summed E-state index contributed by atoms with van der Waals surface area (Å²) in [6.07, 6.45) is 3.35. The third-order valence-corrected chi connectivity index (χ3v) is 3.33. The average Bonchev–Trinajstić information content (AvgIpc) is 2.72. The highest BCUT2D eigenvalue weighted by atomic mass is 35.5. The zero-order valence-electron chi connectivity index (χ0n) is 9.70. The first-order valence-electron chi connectivity index (χ1n) is 5.75. The molecule has 0 aliphatic carbocycles. The van der Waals surface area contributed by atoms with Gasteiger partial charge in [-0.3, -0.25) is 0 Å². The number of nitrogens with zero attached hydrogens (tertiary/aromatic N) is 2. The summed E-state index contributed by atoms with van der Waals surface area (Å²) in [7, 11) is 2.13. The second-order valence-electron chi connectivity index (χ2n) is 4.50. The lowest BCUT2D eigenvalue weighted by Gasteiger charge is -2.21. The van der Waals surface area contributed by atoms with E-state index in [1.54, 1.807) is 0 Å². The number of H-pyrrole nitrogens is 1. The second-order valence-corrected chi connectivity index (χ2v) is 4.94. The van der Waals surface area contributed by atoms with Gasteiger partial charge in [0.2, 0.25) is 0 Å². The Bertz CT molecular complexity index is 585. The average molecular weight is 248 g/mol. The number of aromatic nitrogens is 2. The molecule has 17 heavy (non-hydrogen) atoms. The van der Waals surface area contributed by atoms with Crippen LogP contribution in [0.15, 0.2) is 24.3 Å². The van der Waals surface area contributed by atoms with Crippen molar-refractivity contribution in [3.63, 3.8) is 0 Å². The molecule has 1 aromatic carbocycles. The molecule has 0 atom stereocenters. The van der Waals surface area contributed by atoms with Crippen LogP contribution in [0.25, 0.3) is 16.6 Å². The Morgan fingerprint density at radius 2 is 2.29 bits per heavy atom. The highest BCUT2D eigenvalue weighted by Crippen LogP contribution is 2.22. The van der Waals surface area contributed by atoms with Gasteiger partial charge in [-0.25, -0.2) is 4.98 Å². The van der Waals surface area contributed by atoms with E-state index >= 15 is 0 Å². The van der Waals surface area contributed by atoms with E-state index in [1.807, 2.05) is 18.2 Å². The molecule has 0 bridgehead atoms. The molecule has 2 heterocycles. The molecular formula is C13H14ClN3. The van der Waals surface area contributed by atoms with Crippen molar-refractivity contribution >= 4 is 28.2 Å². The summed E-state index contributed by atoms with van der Waals surface area (Å²) in [6, 6.07) is 5.74. The lowest BCUT2D eigenvalue weighted by atomic mass is 10.1. The molecule has 3 nitrogen and oxygen atoms in total. The van der Waals surface area contributed by atoms with Crippen LogP contribution in [0, 0.1) is 0 Å². The molecule has 1 aliphatic heterocycles. The lowest BCUT2D eigenvalue weighted by Crippen LogP contribution is -2.25. The normalized spacial score (nSPS) is 17.4. The van der Waals surface area contributed by atoms with Crippen LogP contribution in [0.5, 0.6) is 0 Å². The Morgan fingerprint density at radius 3 is 3.12 bits per heavy atom. The summed E-state index contributed by atoms with van der Waals surface area (Å²) in [4.78, 5) is 10.2. The number of hydrogen-bond acceptors (Lipinski definition) is 2. The number of nitrogens with one attached hydrogen (secondary N) is 1.